The maximum atomic E-state index is 12.1. The molecule has 5 heteroatoms. The monoisotopic (exact) mass is 290 g/mol. The second-order valence-electron chi connectivity index (χ2n) is 5.64. The summed E-state index contributed by atoms with van der Waals surface area (Å²) in [5, 5.41) is 12.8. The van der Waals surface area contributed by atoms with E-state index < -0.39 is 11.5 Å². The van der Waals surface area contributed by atoms with Gasteiger partial charge in [-0.1, -0.05) is 25.3 Å². The second-order valence-corrected chi connectivity index (χ2v) is 5.64. The lowest BCUT2D eigenvalue weighted by Crippen LogP contribution is -2.35. The molecular formula is C16H22N2O3. The SMILES string of the molecule is C=C[C@H](C)NC(=O)c1cc(O)c(C2CCCCC2)[nH]c1=O. The lowest BCUT2D eigenvalue weighted by Gasteiger charge is -2.22. The number of carbonyl (C=O) groups excluding carboxylic acids is 1. The molecule has 1 aliphatic carbocycles. The van der Waals surface area contributed by atoms with Crippen LogP contribution in [0.4, 0.5) is 0 Å². The molecule has 0 spiro atoms. The minimum atomic E-state index is -0.505. The predicted octanol–water partition coefficient (Wildman–Crippen LogP) is 2.43. The van der Waals surface area contributed by atoms with Gasteiger partial charge in [0.1, 0.15) is 11.3 Å². The van der Waals surface area contributed by atoms with Crippen LogP contribution in [0.15, 0.2) is 23.5 Å². The molecule has 1 aromatic heterocycles. The molecular weight excluding hydrogens is 268 g/mol. The molecule has 0 bridgehead atoms. The summed E-state index contributed by atoms with van der Waals surface area (Å²) < 4.78 is 0. The minimum absolute atomic E-state index is 0.00194. The molecule has 3 N–H and O–H groups in total. The first-order valence-electron chi connectivity index (χ1n) is 7.42. The van der Waals surface area contributed by atoms with E-state index in [0.29, 0.717) is 5.69 Å². The van der Waals surface area contributed by atoms with Gasteiger partial charge in [0.25, 0.3) is 11.5 Å². The molecule has 0 aliphatic heterocycles. The number of pyridine rings is 1. The fourth-order valence-corrected chi connectivity index (χ4v) is 2.75. The highest BCUT2D eigenvalue weighted by Crippen LogP contribution is 2.35. The summed E-state index contributed by atoms with van der Waals surface area (Å²) in [4.78, 5) is 26.8. The van der Waals surface area contributed by atoms with E-state index in [4.69, 9.17) is 0 Å². The number of nitrogens with one attached hydrogen (secondary N) is 2. The van der Waals surface area contributed by atoms with Crippen molar-refractivity contribution in [1.29, 1.82) is 0 Å². The zero-order chi connectivity index (χ0) is 15.4. The molecule has 0 aromatic carbocycles. The van der Waals surface area contributed by atoms with E-state index in [-0.39, 0.29) is 23.3 Å². The maximum Gasteiger partial charge on any atom is 0.261 e. The molecule has 0 unspecified atom stereocenters. The quantitative estimate of drug-likeness (QED) is 0.745. The molecule has 114 valence electrons. The van der Waals surface area contributed by atoms with Crippen LogP contribution in [0, 0.1) is 0 Å². The third-order valence-corrected chi connectivity index (χ3v) is 4.02. The molecule has 0 radical (unpaired) electrons. The van der Waals surface area contributed by atoms with Gasteiger partial charge in [0.05, 0.1) is 5.69 Å². The Bertz CT molecular complexity index is 586. The Morgan fingerprint density at radius 2 is 2.14 bits per heavy atom. The Kier molecular flexibility index (Phi) is 4.83. The van der Waals surface area contributed by atoms with E-state index in [1.165, 1.54) is 12.5 Å². The summed E-state index contributed by atoms with van der Waals surface area (Å²) in [6, 6.07) is 1.03. The van der Waals surface area contributed by atoms with E-state index in [1.807, 2.05) is 0 Å². The first-order chi connectivity index (χ1) is 10.0. The van der Waals surface area contributed by atoms with Gasteiger partial charge in [-0.15, -0.1) is 6.58 Å². The molecule has 0 saturated heterocycles. The van der Waals surface area contributed by atoms with Gasteiger partial charge in [-0.05, 0) is 19.8 Å². The van der Waals surface area contributed by atoms with Crippen LogP contribution in [-0.2, 0) is 0 Å². The third-order valence-electron chi connectivity index (χ3n) is 4.02. The zero-order valence-electron chi connectivity index (χ0n) is 12.3. The lowest BCUT2D eigenvalue weighted by atomic mass is 9.86. The van der Waals surface area contributed by atoms with Crippen molar-refractivity contribution in [3.63, 3.8) is 0 Å². The van der Waals surface area contributed by atoms with Crippen LogP contribution in [0.3, 0.4) is 0 Å². The third kappa shape index (κ3) is 3.54. The molecule has 1 fully saturated rings. The van der Waals surface area contributed by atoms with Crippen molar-refractivity contribution in [2.45, 2.75) is 51.0 Å². The number of carbonyl (C=O) groups is 1. The number of aromatic hydroxyl groups is 1. The fraction of sp³-hybridized carbons (Fsp3) is 0.500. The highest BCUT2D eigenvalue weighted by Gasteiger charge is 2.22. The van der Waals surface area contributed by atoms with Crippen LogP contribution in [-0.4, -0.2) is 22.0 Å². The lowest BCUT2D eigenvalue weighted by molar-refractivity contribution is 0.0945. The van der Waals surface area contributed by atoms with Crippen LogP contribution in [0.2, 0.25) is 0 Å². The Balaban J connectivity index is 2.26. The van der Waals surface area contributed by atoms with Crippen LogP contribution in [0.1, 0.15) is 61.0 Å². The van der Waals surface area contributed by atoms with Gasteiger partial charge in [-0.25, -0.2) is 0 Å². The summed E-state index contributed by atoms with van der Waals surface area (Å²) in [5.41, 5.74) is 0.0379. The molecule has 1 heterocycles. The average Bonchev–Trinajstić information content (AvgIpc) is 2.49. The number of amides is 1. The predicted molar refractivity (Wildman–Crippen MR) is 81.7 cm³/mol. The summed E-state index contributed by atoms with van der Waals surface area (Å²) in [5.74, 6) is -0.331. The number of aromatic nitrogens is 1. The maximum absolute atomic E-state index is 12.1. The number of hydrogen-bond acceptors (Lipinski definition) is 3. The Labute approximate surface area is 124 Å². The molecule has 1 saturated carbocycles. The van der Waals surface area contributed by atoms with Crippen LogP contribution < -0.4 is 10.9 Å². The summed E-state index contributed by atoms with van der Waals surface area (Å²) in [6.45, 7) is 5.33. The van der Waals surface area contributed by atoms with Gasteiger partial charge in [-0.3, -0.25) is 9.59 Å². The average molecular weight is 290 g/mol. The van der Waals surface area contributed by atoms with Crippen molar-refractivity contribution in [2.75, 3.05) is 0 Å². The molecule has 1 aliphatic rings. The van der Waals surface area contributed by atoms with Crippen LogP contribution in [0.5, 0.6) is 5.75 Å². The second kappa shape index (κ2) is 6.61. The van der Waals surface area contributed by atoms with Gasteiger partial charge in [0.15, 0.2) is 0 Å². The van der Waals surface area contributed by atoms with Gasteiger partial charge < -0.3 is 15.4 Å². The van der Waals surface area contributed by atoms with Gasteiger partial charge >= 0.3 is 0 Å². The van der Waals surface area contributed by atoms with Crippen molar-refractivity contribution in [1.82, 2.24) is 10.3 Å². The number of H-pyrrole nitrogens is 1. The van der Waals surface area contributed by atoms with E-state index in [0.717, 1.165) is 25.7 Å². The van der Waals surface area contributed by atoms with Crippen molar-refractivity contribution in [2.24, 2.45) is 0 Å². The number of aromatic amines is 1. The molecule has 1 amide bonds. The number of rotatable bonds is 4. The first-order valence-corrected chi connectivity index (χ1v) is 7.42. The van der Waals surface area contributed by atoms with E-state index in [2.05, 4.69) is 16.9 Å². The minimum Gasteiger partial charge on any atom is -0.506 e. The van der Waals surface area contributed by atoms with E-state index >= 15 is 0 Å². The highest BCUT2D eigenvalue weighted by atomic mass is 16.3. The topological polar surface area (TPSA) is 82.2 Å². The van der Waals surface area contributed by atoms with Crippen molar-refractivity contribution < 1.29 is 9.90 Å². The van der Waals surface area contributed by atoms with Crippen molar-refractivity contribution in [3.8, 4) is 5.75 Å². The standard InChI is InChI=1S/C16H22N2O3/c1-3-10(2)17-15(20)12-9-13(19)14(18-16(12)21)11-7-5-4-6-8-11/h3,9-11,19H,1,4-8H2,2H3,(H,17,20)(H,18,21)/t10-/m0/s1. The molecule has 5 nitrogen and oxygen atoms in total. The van der Waals surface area contributed by atoms with Gasteiger partial charge in [0, 0.05) is 18.0 Å². The smallest absolute Gasteiger partial charge is 0.261 e. The summed E-state index contributed by atoms with van der Waals surface area (Å²) in [7, 11) is 0. The number of hydrogen-bond donors (Lipinski definition) is 3. The van der Waals surface area contributed by atoms with Crippen molar-refractivity contribution in [3.05, 3.63) is 40.3 Å². The highest BCUT2D eigenvalue weighted by molar-refractivity contribution is 5.94. The molecule has 1 aromatic rings. The molecule has 21 heavy (non-hydrogen) atoms. The van der Waals surface area contributed by atoms with E-state index in [9.17, 15) is 14.7 Å². The summed E-state index contributed by atoms with van der Waals surface area (Å²) >= 11 is 0. The van der Waals surface area contributed by atoms with Crippen LogP contribution in [0.25, 0.3) is 0 Å². The van der Waals surface area contributed by atoms with E-state index in [1.54, 1.807) is 13.0 Å². The van der Waals surface area contributed by atoms with Gasteiger partial charge in [0.2, 0.25) is 0 Å². The molecule has 2 rings (SSSR count). The van der Waals surface area contributed by atoms with Crippen LogP contribution >= 0.6 is 0 Å². The largest absolute Gasteiger partial charge is 0.506 e. The Morgan fingerprint density at radius 3 is 2.76 bits per heavy atom. The fourth-order valence-electron chi connectivity index (χ4n) is 2.75. The zero-order valence-corrected chi connectivity index (χ0v) is 12.3. The first kappa shape index (κ1) is 15.4. The van der Waals surface area contributed by atoms with Gasteiger partial charge in [-0.2, -0.15) is 0 Å². The molecule has 1 atom stereocenters. The Morgan fingerprint density at radius 1 is 1.48 bits per heavy atom. The van der Waals surface area contributed by atoms with Crippen molar-refractivity contribution >= 4 is 5.91 Å². The Hall–Kier alpha value is -2.04. The summed E-state index contributed by atoms with van der Waals surface area (Å²) in [6.07, 6.45) is 6.89. The normalized spacial score (nSPS) is 17.2.